The molecule has 1 aromatic heterocycles. The van der Waals surface area contributed by atoms with Crippen LogP contribution in [-0.2, 0) is 9.59 Å². The number of nitrogens with zero attached hydrogens (tertiary/aromatic N) is 4. The quantitative estimate of drug-likeness (QED) is 0.213. The first kappa shape index (κ1) is 25.8. The molecule has 2 amide bonds. The third-order valence-corrected chi connectivity index (χ3v) is 6.57. The second-order valence-corrected chi connectivity index (χ2v) is 9.17. The van der Waals surface area contributed by atoms with Crippen LogP contribution in [0.15, 0.2) is 71.4 Å². The van der Waals surface area contributed by atoms with Crippen molar-refractivity contribution >= 4 is 17.9 Å². The van der Waals surface area contributed by atoms with Crippen LogP contribution in [0.25, 0.3) is 23.0 Å². The molecule has 0 spiro atoms. The van der Waals surface area contributed by atoms with Gasteiger partial charge in [0.15, 0.2) is 0 Å². The molecule has 0 N–H and O–H groups in total. The lowest BCUT2D eigenvalue weighted by Crippen LogP contribution is -2.43. The smallest absolute Gasteiger partial charge is 0.271 e. The van der Waals surface area contributed by atoms with Gasteiger partial charge in [0.05, 0.1) is 5.69 Å². The number of rotatable bonds is 8. The molecule has 0 aliphatic carbocycles. The molecular formula is C30H29FN4O2. The van der Waals surface area contributed by atoms with Gasteiger partial charge in [-0.2, -0.15) is 10.4 Å². The SMILES string of the molecule is CCCCCCN1C(=O)C(C#N)=C(C)/C(=C\c2cn(-c3ccccc3)nc2-c2ccc(C)c(F)c2)C1=O. The van der Waals surface area contributed by atoms with Gasteiger partial charge in [-0.05, 0) is 55.7 Å². The van der Waals surface area contributed by atoms with E-state index in [9.17, 15) is 19.2 Å². The summed E-state index contributed by atoms with van der Waals surface area (Å²) < 4.78 is 16.2. The number of unbranched alkanes of at least 4 members (excludes halogenated alkanes) is 3. The molecule has 37 heavy (non-hydrogen) atoms. The van der Waals surface area contributed by atoms with E-state index in [4.69, 9.17) is 5.10 Å². The lowest BCUT2D eigenvalue weighted by molar-refractivity contribution is -0.140. The number of para-hydroxylation sites is 1. The Hall–Kier alpha value is -4.31. The van der Waals surface area contributed by atoms with Crippen molar-refractivity contribution in [2.24, 2.45) is 0 Å². The average Bonchev–Trinajstić information content (AvgIpc) is 3.32. The largest absolute Gasteiger partial charge is 0.274 e. The standard InChI is InChI=1S/C30H29FN4O2/c1-4-5-6-10-15-34-29(36)25(21(3)26(18-32)30(34)37)16-23-19-35(24-11-8-7-9-12-24)33-28(23)22-14-13-20(2)27(31)17-22/h7-9,11-14,16-17,19H,4-6,10,15H2,1-3H3/b25-16+. The Labute approximate surface area is 216 Å². The first-order valence-electron chi connectivity index (χ1n) is 12.5. The number of nitriles is 1. The van der Waals surface area contributed by atoms with Crippen LogP contribution in [0.5, 0.6) is 0 Å². The van der Waals surface area contributed by atoms with Crippen molar-refractivity contribution < 1.29 is 14.0 Å². The highest BCUT2D eigenvalue weighted by atomic mass is 19.1. The lowest BCUT2D eigenvalue weighted by atomic mass is 9.93. The number of benzene rings is 2. The number of aryl methyl sites for hydroxylation is 1. The summed E-state index contributed by atoms with van der Waals surface area (Å²) in [6.07, 6.45) is 7.03. The maximum Gasteiger partial charge on any atom is 0.271 e. The second kappa shape index (κ2) is 11.2. The van der Waals surface area contributed by atoms with Crippen LogP contribution in [0.1, 0.15) is 50.7 Å². The van der Waals surface area contributed by atoms with Gasteiger partial charge in [0.25, 0.3) is 11.8 Å². The minimum absolute atomic E-state index is 0.0419. The summed E-state index contributed by atoms with van der Waals surface area (Å²) in [4.78, 5) is 27.6. The maximum absolute atomic E-state index is 14.5. The van der Waals surface area contributed by atoms with Crippen molar-refractivity contribution in [3.8, 4) is 23.0 Å². The summed E-state index contributed by atoms with van der Waals surface area (Å²) in [5.74, 6) is -1.35. The molecule has 4 rings (SSSR count). The molecule has 0 atom stereocenters. The van der Waals surface area contributed by atoms with E-state index in [-0.39, 0.29) is 23.5 Å². The Kier molecular flexibility index (Phi) is 7.78. The molecule has 0 saturated heterocycles. The molecular weight excluding hydrogens is 467 g/mol. The van der Waals surface area contributed by atoms with E-state index in [1.807, 2.05) is 36.4 Å². The first-order valence-corrected chi connectivity index (χ1v) is 12.5. The number of amides is 2. The van der Waals surface area contributed by atoms with Crippen molar-refractivity contribution in [3.63, 3.8) is 0 Å². The molecule has 1 aliphatic rings. The Morgan fingerprint density at radius 2 is 1.78 bits per heavy atom. The Bertz CT molecular complexity index is 1440. The highest BCUT2D eigenvalue weighted by molar-refractivity contribution is 6.19. The van der Waals surface area contributed by atoms with Crippen LogP contribution in [0.4, 0.5) is 4.39 Å². The van der Waals surface area contributed by atoms with Gasteiger partial charge < -0.3 is 0 Å². The molecule has 0 radical (unpaired) electrons. The lowest BCUT2D eigenvalue weighted by Gasteiger charge is -2.27. The van der Waals surface area contributed by atoms with E-state index in [0.717, 1.165) is 24.9 Å². The van der Waals surface area contributed by atoms with E-state index in [0.29, 0.717) is 34.4 Å². The monoisotopic (exact) mass is 496 g/mol. The highest BCUT2D eigenvalue weighted by Crippen LogP contribution is 2.32. The summed E-state index contributed by atoms with van der Waals surface area (Å²) in [5, 5.41) is 14.4. The molecule has 0 fully saturated rings. The summed E-state index contributed by atoms with van der Waals surface area (Å²) in [5.41, 5.74) is 3.48. The molecule has 188 valence electrons. The fourth-order valence-electron chi connectivity index (χ4n) is 4.36. The van der Waals surface area contributed by atoms with Crippen molar-refractivity contribution in [2.45, 2.75) is 46.5 Å². The van der Waals surface area contributed by atoms with Crippen LogP contribution in [-0.4, -0.2) is 33.0 Å². The van der Waals surface area contributed by atoms with Crippen LogP contribution >= 0.6 is 0 Å². The third kappa shape index (κ3) is 5.29. The summed E-state index contributed by atoms with van der Waals surface area (Å²) >= 11 is 0. The fraction of sp³-hybridized carbons (Fsp3) is 0.267. The molecule has 2 heterocycles. The van der Waals surface area contributed by atoms with Gasteiger partial charge >= 0.3 is 0 Å². The average molecular weight is 497 g/mol. The predicted molar refractivity (Wildman–Crippen MR) is 141 cm³/mol. The van der Waals surface area contributed by atoms with Crippen LogP contribution in [0, 0.1) is 24.1 Å². The molecule has 7 heteroatoms. The van der Waals surface area contributed by atoms with Crippen molar-refractivity contribution in [1.29, 1.82) is 5.26 Å². The van der Waals surface area contributed by atoms with E-state index < -0.39 is 11.8 Å². The van der Waals surface area contributed by atoms with Gasteiger partial charge in [-0.15, -0.1) is 0 Å². The number of aromatic nitrogens is 2. The number of hydrogen-bond donors (Lipinski definition) is 0. The van der Waals surface area contributed by atoms with Gasteiger partial charge in [-0.3, -0.25) is 14.5 Å². The van der Waals surface area contributed by atoms with Crippen molar-refractivity contribution in [2.75, 3.05) is 6.54 Å². The van der Waals surface area contributed by atoms with E-state index >= 15 is 0 Å². The number of carbonyl (C=O) groups is 2. The molecule has 0 unspecified atom stereocenters. The maximum atomic E-state index is 14.5. The normalized spacial score (nSPS) is 15.0. The minimum atomic E-state index is -0.556. The zero-order valence-corrected chi connectivity index (χ0v) is 21.3. The zero-order chi connectivity index (χ0) is 26.5. The van der Waals surface area contributed by atoms with Crippen LogP contribution in [0.2, 0.25) is 0 Å². The molecule has 3 aromatic rings. The topological polar surface area (TPSA) is 79.0 Å². The zero-order valence-electron chi connectivity index (χ0n) is 21.3. The Balaban J connectivity index is 1.84. The number of carbonyl (C=O) groups excluding carboxylic acids is 2. The highest BCUT2D eigenvalue weighted by Gasteiger charge is 2.35. The summed E-state index contributed by atoms with van der Waals surface area (Å²) in [6, 6.07) is 16.3. The first-order chi connectivity index (χ1) is 17.8. The van der Waals surface area contributed by atoms with Gasteiger partial charge in [0.1, 0.15) is 23.2 Å². The fourth-order valence-corrected chi connectivity index (χ4v) is 4.36. The number of imide groups is 1. The molecule has 2 aromatic carbocycles. The van der Waals surface area contributed by atoms with E-state index in [2.05, 4.69) is 6.92 Å². The van der Waals surface area contributed by atoms with Gasteiger partial charge in [-0.25, -0.2) is 9.07 Å². The van der Waals surface area contributed by atoms with Gasteiger partial charge in [0, 0.05) is 29.4 Å². The van der Waals surface area contributed by atoms with E-state index in [1.165, 1.54) is 11.0 Å². The van der Waals surface area contributed by atoms with Crippen molar-refractivity contribution in [3.05, 3.63) is 88.4 Å². The number of hydrogen-bond acceptors (Lipinski definition) is 4. The van der Waals surface area contributed by atoms with Gasteiger partial charge in [0.2, 0.25) is 0 Å². The molecule has 1 aliphatic heterocycles. The third-order valence-electron chi connectivity index (χ3n) is 6.57. The Morgan fingerprint density at radius 1 is 1.03 bits per heavy atom. The Morgan fingerprint density at radius 3 is 2.46 bits per heavy atom. The summed E-state index contributed by atoms with van der Waals surface area (Å²) in [7, 11) is 0. The number of halogens is 1. The van der Waals surface area contributed by atoms with E-state index in [1.54, 1.807) is 42.9 Å². The molecule has 6 nitrogen and oxygen atoms in total. The molecule has 0 bridgehead atoms. The minimum Gasteiger partial charge on any atom is -0.274 e. The van der Waals surface area contributed by atoms with Gasteiger partial charge in [-0.1, -0.05) is 56.5 Å². The second-order valence-electron chi connectivity index (χ2n) is 9.17. The predicted octanol–water partition coefficient (Wildman–Crippen LogP) is 6.16. The summed E-state index contributed by atoms with van der Waals surface area (Å²) in [6.45, 7) is 5.65. The van der Waals surface area contributed by atoms with Crippen LogP contribution < -0.4 is 0 Å². The van der Waals surface area contributed by atoms with Crippen molar-refractivity contribution in [1.82, 2.24) is 14.7 Å². The van der Waals surface area contributed by atoms with Crippen LogP contribution in [0.3, 0.4) is 0 Å². The molecule has 0 saturated carbocycles.